The van der Waals surface area contributed by atoms with E-state index in [4.69, 9.17) is 4.42 Å². The van der Waals surface area contributed by atoms with Gasteiger partial charge in [0.25, 0.3) is 0 Å². The van der Waals surface area contributed by atoms with Crippen LogP contribution < -0.4 is 5.32 Å². The van der Waals surface area contributed by atoms with Crippen molar-refractivity contribution >= 4 is 27.1 Å². The van der Waals surface area contributed by atoms with Crippen LogP contribution in [0.3, 0.4) is 0 Å². The topological polar surface area (TPSA) is 92.5 Å². The van der Waals surface area contributed by atoms with E-state index in [9.17, 15) is 13.2 Å². The molecule has 142 valence electrons. The van der Waals surface area contributed by atoms with E-state index >= 15 is 0 Å². The molecule has 0 aromatic carbocycles. The lowest BCUT2D eigenvalue weighted by molar-refractivity contribution is -0.122. The number of nitrogens with zero attached hydrogens (tertiary/aromatic N) is 2. The van der Waals surface area contributed by atoms with E-state index in [-0.39, 0.29) is 30.0 Å². The Hall–Kier alpha value is -1.71. The molecule has 0 aliphatic carbocycles. The molecule has 0 radical (unpaired) electrons. The van der Waals surface area contributed by atoms with Crippen molar-refractivity contribution in [1.29, 1.82) is 0 Å². The fourth-order valence-electron chi connectivity index (χ4n) is 2.96. The average molecular weight is 398 g/mol. The number of aryl methyl sites for hydroxylation is 1. The molecule has 2 aromatic heterocycles. The summed E-state index contributed by atoms with van der Waals surface area (Å²) in [4.78, 5) is 19.8. The number of carbonyl (C=O) groups is 1. The molecule has 3 heterocycles. The standard InChI is InChI=1S/C17H23N3O4S2/c1-3-20(10-16(21)18-13-6-8-26(22,23)11-13)9-14-12(2)24-17(19-14)15-5-4-7-25-15/h4-5,7,13H,3,6,8-11H2,1-2H3,(H,18,21)/t13-/m1/s1. The highest BCUT2D eigenvalue weighted by molar-refractivity contribution is 7.91. The van der Waals surface area contributed by atoms with Crippen LogP contribution in [-0.2, 0) is 21.2 Å². The van der Waals surface area contributed by atoms with Crippen molar-refractivity contribution in [1.82, 2.24) is 15.2 Å². The highest BCUT2D eigenvalue weighted by atomic mass is 32.2. The Kier molecular flexibility index (Phi) is 5.79. The lowest BCUT2D eigenvalue weighted by Crippen LogP contribution is -2.42. The van der Waals surface area contributed by atoms with Crippen molar-refractivity contribution in [2.45, 2.75) is 32.9 Å². The molecule has 1 saturated heterocycles. The normalized spacial score (nSPS) is 19.1. The summed E-state index contributed by atoms with van der Waals surface area (Å²) in [7, 11) is -3.00. The van der Waals surface area contributed by atoms with Crippen molar-refractivity contribution in [2.24, 2.45) is 0 Å². The first kappa shape index (κ1) is 19.1. The lowest BCUT2D eigenvalue weighted by Gasteiger charge is -2.20. The fourth-order valence-corrected chi connectivity index (χ4v) is 5.28. The summed E-state index contributed by atoms with van der Waals surface area (Å²) in [5, 5.41) is 4.80. The van der Waals surface area contributed by atoms with Crippen LogP contribution in [0.5, 0.6) is 0 Å². The molecule has 1 aliphatic heterocycles. The summed E-state index contributed by atoms with van der Waals surface area (Å²) >= 11 is 1.57. The van der Waals surface area contributed by atoms with Gasteiger partial charge in [0, 0.05) is 12.6 Å². The first-order valence-corrected chi connectivity index (χ1v) is 11.3. The maximum atomic E-state index is 12.3. The number of sulfone groups is 1. The Labute approximate surface area is 157 Å². The molecule has 2 aromatic rings. The molecule has 26 heavy (non-hydrogen) atoms. The Balaban J connectivity index is 1.58. The minimum Gasteiger partial charge on any atom is -0.440 e. The van der Waals surface area contributed by atoms with Crippen molar-refractivity contribution < 1.29 is 17.6 Å². The first-order chi connectivity index (χ1) is 12.4. The maximum Gasteiger partial charge on any atom is 0.236 e. The molecule has 1 aliphatic rings. The van der Waals surface area contributed by atoms with Crippen LogP contribution in [0, 0.1) is 6.92 Å². The molecule has 0 bridgehead atoms. The van der Waals surface area contributed by atoms with Crippen molar-refractivity contribution in [2.75, 3.05) is 24.6 Å². The van der Waals surface area contributed by atoms with Gasteiger partial charge in [-0.2, -0.15) is 0 Å². The predicted octanol–water partition coefficient (Wildman–Crippen LogP) is 1.84. The number of hydrogen-bond acceptors (Lipinski definition) is 7. The molecule has 7 nitrogen and oxygen atoms in total. The van der Waals surface area contributed by atoms with Gasteiger partial charge in [-0.1, -0.05) is 13.0 Å². The van der Waals surface area contributed by atoms with Gasteiger partial charge in [0.05, 0.1) is 28.6 Å². The van der Waals surface area contributed by atoms with Gasteiger partial charge in [0.2, 0.25) is 11.8 Å². The summed E-state index contributed by atoms with van der Waals surface area (Å²) < 4.78 is 28.7. The van der Waals surface area contributed by atoms with Gasteiger partial charge in [0.15, 0.2) is 9.84 Å². The van der Waals surface area contributed by atoms with Gasteiger partial charge in [-0.3, -0.25) is 9.69 Å². The second-order valence-corrected chi connectivity index (χ2v) is 9.65. The number of oxazole rings is 1. The van der Waals surface area contributed by atoms with Crippen LogP contribution >= 0.6 is 11.3 Å². The quantitative estimate of drug-likeness (QED) is 0.766. The number of hydrogen-bond donors (Lipinski definition) is 1. The van der Waals surface area contributed by atoms with Crippen molar-refractivity contribution in [3.05, 3.63) is 29.0 Å². The minimum atomic E-state index is -3.00. The molecule has 3 rings (SSSR count). The van der Waals surface area contributed by atoms with Gasteiger partial charge in [-0.05, 0) is 31.3 Å². The van der Waals surface area contributed by atoms with Gasteiger partial charge in [-0.25, -0.2) is 13.4 Å². The Morgan fingerprint density at radius 3 is 2.92 bits per heavy atom. The van der Waals surface area contributed by atoms with E-state index in [1.54, 1.807) is 11.3 Å². The zero-order chi connectivity index (χ0) is 18.7. The van der Waals surface area contributed by atoms with Crippen LogP contribution in [0.1, 0.15) is 24.8 Å². The summed E-state index contributed by atoms with van der Waals surface area (Å²) in [6.45, 7) is 5.23. The molecule has 1 amide bonds. The highest BCUT2D eigenvalue weighted by Crippen LogP contribution is 2.26. The van der Waals surface area contributed by atoms with Gasteiger partial charge in [-0.15, -0.1) is 11.3 Å². The van der Waals surface area contributed by atoms with E-state index in [1.807, 2.05) is 36.3 Å². The van der Waals surface area contributed by atoms with E-state index < -0.39 is 9.84 Å². The van der Waals surface area contributed by atoms with Crippen molar-refractivity contribution in [3.63, 3.8) is 0 Å². The number of nitrogens with one attached hydrogen (secondary N) is 1. The zero-order valence-corrected chi connectivity index (χ0v) is 16.5. The number of aromatic nitrogens is 1. The second-order valence-electron chi connectivity index (χ2n) is 6.47. The van der Waals surface area contributed by atoms with E-state index in [0.29, 0.717) is 25.4 Å². The monoisotopic (exact) mass is 397 g/mol. The number of rotatable bonds is 7. The molecule has 1 N–H and O–H groups in total. The Morgan fingerprint density at radius 2 is 2.31 bits per heavy atom. The molecule has 0 unspecified atom stereocenters. The smallest absolute Gasteiger partial charge is 0.236 e. The molecule has 0 spiro atoms. The third kappa shape index (κ3) is 4.72. The van der Waals surface area contributed by atoms with Crippen LogP contribution in [0.25, 0.3) is 10.8 Å². The Bertz CT molecular complexity index is 859. The van der Waals surface area contributed by atoms with Gasteiger partial charge in [0.1, 0.15) is 5.76 Å². The number of amides is 1. The number of carbonyl (C=O) groups excluding carboxylic acids is 1. The number of likely N-dealkylation sites (N-methyl/N-ethyl adjacent to an activating group) is 1. The first-order valence-electron chi connectivity index (χ1n) is 8.58. The maximum absolute atomic E-state index is 12.3. The Morgan fingerprint density at radius 1 is 1.50 bits per heavy atom. The highest BCUT2D eigenvalue weighted by Gasteiger charge is 2.29. The van der Waals surface area contributed by atoms with Crippen LogP contribution in [0.4, 0.5) is 0 Å². The van der Waals surface area contributed by atoms with Crippen molar-refractivity contribution in [3.8, 4) is 10.8 Å². The van der Waals surface area contributed by atoms with Crippen LogP contribution in [0.2, 0.25) is 0 Å². The zero-order valence-electron chi connectivity index (χ0n) is 14.9. The number of thiophene rings is 1. The molecular weight excluding hydrogens is 374 g/mol. The second kappa shape index (κ2) is 7.89. The molecular formula is C17H23N3O4S2. The van der Waals surface area contributed by atoms with Crippen LogP contribution in [-0.4, -0.2) is 54.8 Å². The third-order valence-electron chi connectivity index (χ3n) is 4.41. The largest absolute Gasteiger partial charge is 0.440 e. The lowest BCUT2D eigenvalue weighted by atomic mass is 10.2. The average Bonchev–Trinajstić information content (AvgIpc) is 3.28. The van der Waals surface area contributed by atoms with Crippen LogP contribution in [0.15, 0.2) is 21.9 Å². The summed E-state index contributed by atoms with van der Waals surface area (Å²) in [5.74, 6) is 1.38. The molecule has 0 saturated carbocycles. The predicted molar refractivity (Wildman–Crippen MR) is 101 cm³/mol. The molecule has 9 heteroatoms. The third-order valence-corrected chi connectivity index (χ3v) is 7.04. The van der Waals surface area contributed by atoms with E-state index in [2.05, 4.69) is 10.3 Å². The van der Waals surface area contributed by atoms with E-state index in [0.717, 1.165) is 16.3 Å². The molecule has 1 fully saturated rings. The van der Waals surface area contributed by atoms with E-state index in [1.165, 1.54) is 0 Å². The fraction of sp³-hybridized carbons (Fsp3) is 0.529. The van der Waals surface area contributed by atoms with Gasteiger partial charge < -0.3 is 9.73 Å². The summed E-state index contributed by atoms with van der Waals surface area (Å²) in [6.07, 6.45) is 0.493. The summed E-state index contributed by atoms with van der Waals surface area (Å²) in [6, 6.07) is 3.64. The SMILES string of the molecule is CCN(CC(=O)N[C@@H]1CCS(=O)(=O)C1)Cc1nc(-c2cccs2)oc1C. The van der Waals surface area contributed by atoms with Gasteiger partial charge >= 0.3 is 0 Å². The summed E-state index contributed by atoms with van der Waals surface area (Å²) in [5.41, 5.74) is 0.812. The molecule has 1 atom stereocenters. The minimum absolute atomic E-state index is 0.0391.